The first-order valence-corrected chi connectivity index (χ1v) is 8.09. The molecule has 21 heavy (non-hydrogen) atoms. The Labute approximate surface area is 127 Å². The number of para-hydroxylation sites is 1. The lowest BCUT2D eigenvalue weighted by molar-refractivity contribution is -0.385. The standard InChI is InChI=1S/C17H26N2O2/c1-13(15-9-5-3-4-6-10-15)18-14(2)16-11-7-8-12-17(16)19(20)21/h7-8,11-15,18H,3-6,9-10H2,1-2H3/t13-,14?/m1/s1. The maximum Gasteiger partial charge on any atom is 0.274 e. The molecule has 1 aromatic carbocycles. The third kappa shape index (κ3) is 4.27. The molecule has 4 nitrogen and oxygen atoms in total. The van der Waals surface area contributed by atoms with Crippen molar-refractivity contribution in [2.75, 3.05) is 0 Å². The Morgan fingerprint density at radius 3 is 2.38 bits per heavy atom. The number of nitro benzene ring substituents is 1. The average Bonchev–Trinajstić information content (AvgIpc) is 2.76. The topological polar surface area (TPSA) is 55.2 Å². The minimum absolute atomic E-state index is 0.00449. The Hall–Kier alpha value is -1.42. The van der Waals surface area contributed by atoms with Gasteiger partial charge in [-0.3, -0.25) is 10.1 Å². The maximum atomic E-state index is 11.1. The third-order valence-electron chi connectivity index (χ3n) is 4.72. The van der Waals surface area contributed by atoms with Gasteiger partial charge in [-0.05, 0) is 32.6 Å². The van der Waals surface area contributed by atoms with Crippen molar-refractivity contribution in [2.45, 2.75) is 64.5 Å². The van der Waals surface area contributed by atoms with Gasteiger partial charge < -0.3 is 5.32 Å². The van der Waals surface area contributed by atoms with Crippen LogP contribution in [0.1, 0.15) is 64.0 Å². The van der Waals surface area contributed by atoms with Gasteiger partial charge in [-0.15, -0.1) is 0 Å². The van der Waals surface area contributed by atoms with Crippen molar-refractivity contribution in [1.82, 2.24) is 5.32 Å². The van der Waals surface area contributed by atoms with Crippen molar-refractivity contribution in [3.63, 3.8) is 0 Å². The van der Waals surface area contributed by atoms with E-state index in [0.29, 0.717) is 12.0 Å². The van der Waals surface area contributed by atoms with E-state index in [1.165, 1.54) is 38.5 Å². The molecular weight excluding hydrogens is 264 g/mol. The molecule has 1 saturated carbocycles. The molecule has 2 rings (SSSR count). The van der Waals surface area contributed by atoms with Crippen LogP contribution in [0.3, 0.4) is 0 Å². The molecule has 1 aromatic rings. The summed E-state index contributed by atoms with van der Waals surface area (Å²) in [5.74, 6) is 0.692. The molecule has 1 fully saturated rings. The molecule has 0 aliphatic heterocycles. The molecule has 4 heteroatoms. The van der Waals surface area contributed by atoms with E-state index in [2.05, 4.69) is 12.2 Å². The molecular formula is C17H26N2O2. The third-order valence-corrected chi connectivity index (χ3v) is 4.72. The van der Waals surface area contributed by atoms with E-state index in [1.54, 1.807) is 12.1 Å². The van der Waals surface area contributed by atoms with Crippen molar-refractivity contribution >= 4 is 5.69 Å². The van der Waals surface area contributed by atoms with Gasteiger partial charge in [0.25, 0.3) is 5.69 Å². The Kier molecular flexibility index (Phi) is 5.74. The van der Waals surface area contributed by atoms with Crippen LogP contribution in [0.4, 0.5) is 5.69 Å². The van der Waals surface area contributed by atoms with Gasteiger partial charge in [0.15, 0.2) is 0 Å². The molecule has 1 unspecified atom stereocenters. The van der Waals surface area contributed by atoms with E-state index in [4.69, 9.17) is 0 Å². The molecule has 1 aliphatic carbocycles. The summed E-state index contributed by atoms with van der Waals surface area (Å²) in [5, 5.41) is 14.7. The minimum atomic E-state index is -0.288. The first kappa shape index (κ1) is 16.0. The Balaban J connectivity index is 2.03. The van der Waals surface area contributed by atoms with Gasteiger partial charge in [-0.2, -0.15) is 0 Å². The molecule has 0 spiro atoms. The lowest BCUT2D eigenvalue weighted by atomic mass is 9.92. The number of rotatable bonds is 5. The maximum absolute atomic E-state index is 11.1. The van der Waals surface area contributed by atoms with Crippen LogP contribution in [-0.2, 0) is 0 Å². The van der Waals surface area contributed by atoms with E-state index in [1.807, 2.05) is 19.1 Å². The van der Waals surface area contributed by atoms with Crippen LogP contribution in [0.25, 0.3) is 0 Å². The Bertz CT molecular complexity index is 468. The van der Waals surface area contributed by atoms with Gasteiger partial charge in [0.2, 0.25) is 0 Å². The van der Waals surface area contributed by atoms with Crippen LogP contribution in [0.15, 0.2) is 24.3 Å². The highest BCUT2D eigenvalue weighted by molar-refractivity contribution is 5.41. The zero-order valence-electron chi connectivity index (χ0n) is 13.0. The average molecular weight is 290 g/mol. The van der Waals surface area contributed by atoms with Crippen LogP contribution >= 0.6 is 0 Å². The Morgan fingerprint density at radius 2 is 1.76 bits per heavy atom. The highest BCUT2D eigenvalue weighted by Crippen LogP contribution is 2.29. The molecule has 0 aromatic heterocycles. The van der Waals surface area contributed by atoms with Gasteiger partial charge in [0, 0.05) is 23.7 Å². The zero-order valence-corrected chi connectivity index (χ0v) is 13.0. The molecule has 0 bridgehead atoms. The zero-order chi connectivity index (χ0) is 15.2. The Morgan fingerprint density at radius 1 is 1.14 bits per heavy atom. The lowest BCUT2D eigenvalue weighted by Gasteiger charge is -2.27. The minimum Gasteiger partial charge on any atom is -0.307 e. The van der Waals surface area contributed by atoms with Gasteiger partial charge in [-0.25, -0.2) is 0 Å². The fourth-order valence-electron chi connectivity index (χ4n) is 3.45. The van der Waals surface area contributed by atoms with Gasteiger partial charge in [-0.1, -0.05) is 43.9 Å². The van der Waals surface area contributed by atoms with Gasteiger partial charge in [0.1, 0.15) is 0 Å². The fraction of sp³-hybridized carbons (Fsp3) is 0.647. The second kappa shape index (κ2) is 7.55. The van der Waals surface area contributed by atoms with Crippen LogP contribution in [0, 0.1) is 16.0 Å². The second-order valence-electron chi connectivity index (χ2n) is 6.24. The van der Waals surface area contributed by atoms with E-state index in [9.17, 15) is 10.1 Å². The molecule has 1 N–H and O–H groups in total. The second-order valence-corrected chi connectivity index (χ2v) is 6.24. The smallest absolute Gasteiger partial charge is 0.274 e. The van der Waals surface area contributed by atoms with Crippen LogP contribution in [-0.4, -0.2) is 11.0 Å². The highest BCUT2D eigenvalue weighted by Gasteiger charge is 2.23. The quantitative estimate of drug-likeness (QED) is 0.489. The van der Waals surface area contributed by atoms with E-state index < -0.39 is 0 Å². The van der Waals surface area contributed by atoms with E-state index in [0.717, 1.165) is 5.56 Å². The van der Waals surface area contributed by atoms with Gasteiger partial charge >= 0.3 is 0 Å². The SMILES string of the molecule is CC(N[C@H](C)C1CCCCCC1)c1ccccc1[N+](=O)[O-]. The molecule has 0 saturated heterocycles. The largest absolute Gasteiger partial charge is 0.307 e. The summed E-state index contributed by atoms with van der Waals surface area (Å²) < 4.78 is 0. The van der Waals surface area contributed by atoms with Crippen molar-refractivity contribution in [1.29, 1.82) is 0 Å². The monoisotopic (exact) mass is 290 g/mol. The lowest BCUT2D eigenvalue weighted by Crippen LogP contribution is -2.35. The van der Waals surface area contributed by atoms with Crippen molar-refractivity contribution in [3.8, 4) is 0 Å². The van der Waals surface area contributed by atoms with Crippen LogP contribution in [0.2, 0.25) is 0 Å². The van der Waals surface area contributed by atoms with Crippen LogP contribution < -0.4 is 5.32 Å². The number of nitro groups is 1. The van der Waals surface area contributed by atoms with E-state index >= 15 is 0 Å². The first-order valence-electron chi connectivity index (χ1n) is 8.09. The fourth-order valence-corrected chi connectivity index (χ4v) is 3.45. The molecule has 116 valence electrons. The highest BCUT2D eigenvalue weighted by atomic mass is 16.6. The summed E-state index contributed by atoms with van der Waals surface area (Å²) in [7, 11) is 0. The molecule has 1 aliphatic rings. The molecule has 0 radical (unpaired) electrons. The number of nitrogens with one attached hydrogen (secondary N) is 1. The van der Waals surface area contributed by atoms with Crippen molar-refractivity contribution < 1.29 is 4.92 Å². The summed E-state index contributed by atoms with van der Waals surface area (Å²) in [4.78, 5) is 10.8. The summed E-state index contributed by atoms with van der Waals surface area (Å²) in [5.41, 5.74) is 0.994. The predicted octanol–water partition coefficient (Wildman–Crippen LogP) is 4.60. The van der Waals surface area contributed by atoms with E-state index in [-0.39, 0.29) is 16.7 Å². The summed E-state index contributed by atoms with van der Waals surface area (Å²) in [6.45, 7) is 4.25. The van der Waals surface area contributed by atoms with Crippen molar-refractivity contribution in [3.05, 3.63) is 39.9 Å². The van der Waals surface area contributed by atoms with Crippen molar-refractivity contribution in [2.24, 2.45) is 5.92 Å². The summed E-state index contributed by atoms with van der Waals surface area (Å²) >= 11 is 0. The number of hydrogen-bond donors (Lipinski definition) is 1. The predicted molar refractivity (Wildman–Crippen MR) is 85.3 cm³/mol. The van der Waals surface area contributed by atoms with Crippen LogP contribution in [0.5, 0.6) is 0 Å². The molecule has 0 heterocycles. The normalized spacial score (nSPS) is 19.7. The van der Waals surface area contributed by atoms with Gasteiger partial charge in [0.05, 0.1) is 4.92 Å². The summed E-state index contributed by atoms with van der Waals surface area (Å²) in [6, 6.07) is 7.45. The first-order chi connectivity index (χ1) is 10.1. The number of benzene rings is 1. The molecule has 2 atom stereocenters. The number of hydrogen-bond acceptors (Lipinski definition) is 3. The summed E-state index contributed by atoms with van der Waals surface area (Å²) in [6.07, 6.45) is 7.88. The number of nitrogens with zero attached hydrogens (tertiary/aromatic N) is 1. The molecule has 0 amide bonds.